The summed E-state index contributed by atoms with van der Waals surface area (Å²) >= 11 is 0. The molecule has 0 radical (unpaired) electrons. The van der Waals surface area contributed by atoms with Gasteiger partial charge < -0.3 is 10.8 Å². The molecule has 1 aromatic carbocycles. The number of nitrogens with zero attached hydrogens (tertiary/aromatic N) is 1. The Kier molecular flexibility index (Phi) is 3.17. The maximum atomic E-state index is 10.6. The first kappa shape index (κ1) is 11.4. The molecule has 1 aromatic rings. The Morgan fingerprint density at radius 2 is 1.69 bits per heavy atom. The topological polar surface area (TPSA) is 49.5 Å². The number of hydrogen-bond donors (Lipinski definition) is 2. The van der Waals surface area contributed by atoms with E-state index in [1.807, 2.05) is 31.2 Å². The Morgan fingerprint density at radius 1 is 1.12 bits per heavy atom. The van der Waals surface area contributed by atoms with Gasteiger partial charge in [0.2, 0.25) is 0 Å². The van der Waals surface area contributed by atoms with Gasteiger partial charge in [-0.1, -0.05) is 18.6 Å². The first-order valence-corrected chi connectivity index (χ1v) is 5.94. The van der Waals surface area contributed by atoms with E-state index in [9.17, 15) is 5.11 Å². The lowest BCUT2D eigenvalue weighted by molar-refractivity contribution is -0.108. The molecule has 1 atom stereocenters. The number of aliphatic hydroxyl groups is 1. The van der Waals surface area contributed by atoms with Crippen LogP contribution >= 0.6 is 0 Å². The van der Waals surface area contributed by atoms with Crippen molar-refractivity contribution < 1.29 is 5.11 Å². The standard InChI is InChI=1S/C13H20N2O/c1-13(16,15-9-3-2-4-10-15)11-5-7-12(14)8-6-11/h5-8,16H,2-4,9-10,14H2,1H3. The van der Waals surface area contributed by atoms with Gasteiger partial charge in [0.25, 0.3) is 0 Å². The Labute approximate surface area is 96.9 Å². The summed E-state index contributed by atoms with van der Waals surface area (Å²) in [6.45, 7) is 3.80. The van der Waals surface area contributed by atoms with Crippen LogP contribution in [-0.4, -0.2) is 23.1 Å². The first-order chi connectivity index (χ1) is 7.60. The summed E-state index contributed by atoms with van der Waals surface area (Å²) in [4.78, 5) is 2.14. The van der Waals surface area contributed by atoms with E-state index in [0.29, 0.717) is 0 Å². The SMILES string of the molecule is CC(O)(c1ccc(N)cc1)N1CCCCC1. The summed E-state index contributed by atoms with van der Waals surface area (Å²) in [6.07, 6.45) is 3.62. The van der Waals surface area contributed by atoms with E-state index in [4.69, 9.17) is 5.73 Å². The van der Waals surface area contributed by atoms with Crippen LogP contribution in [0.5, 0.6) is 0 Å². The van der Waals surface area contributed by atoms with Crippen molar-refractivity contribution in [3.05, 3.63) is 29.8 Å². The molecule has 3 nitrogen and oxygen atoms in total. The van der Waals surface area contributed by atoms with E-state index < -0.39 is 5.72 Å². The Morgan fingerprint density at radius 3 is 2.25 bits per heavy atom. The zero-order valence-corrected chi connectivity index (χ0v) is 9.82. The molecule has 3 heteroatoms. The average Bonchev–Trinajstić information content (AvgIpc) is 2.31. The predicted molar refractivity (Wildman–Crippen MR) is 65.8 cm³/mol. The van der Waals surface area contributed by atoms with Gasteiger partial charge >= 0.3 is 0 Å². The summed E-state index contributed by atoms with van der Waals surface area (Å²) in [7, 11) is 0. The van der Waals surface area contributed by atoms with Gasteiger partial charge in [-0.15, -0.1) is 0 Å². The van der Waals surface area contributed by atoms with Gasteiger partial charge in [-0.2, -0.15) is 0 Å². The fourth-order valence-corrected chi connectivity index (χ4v) is 2.31. The molecule has 88 valence electrons. The minimum Gasteiger partial charge on any atom is -0.399 e. The zero-order valence-electron chi connectivity index (χ0n) is 9.82. The number of anilines is 1. The first-order valence-electron chi connectivity index (χ1n) is 5.94. The fraction of sp³-hybridized carbons (Fsp3) is 0.538. The van der Waals surface area contributed by atoms with E-state index in [1.54, 1.807) is 0 Å². The van der Waals surface area contributed by atoms with Crippen LogP contribution in [0.15, 0.2) is 24.3 Å². The van der Waals surface area contributed by atoms with E-state index in [0.717, 1.165) is 24.3 Å². The Hall–Kier alpha value is -1.06. The Balaban J connectivity index is 2.19. The van der Waals surface area contributed by atoms with Crippen molar-refractivity contribution in [3.8, 4) is 0 Å². The Bertz CT molecular complexity index is 339. The van der Waals surface area contributed by atoms with Crippen LogP contribution in [0.1, 0.15) is 31.7 Å². The lowest BCUT2D eigenvalue weighted by atomic mass is 9.99. The normalized spacial score (nSPS) is 21.6. The van der Waals surface area contributed by atoms with Gasteiger partial charge in [-0.05, 0) is 37.5 Å². The smallest absolute Gasteiger partial charge is 0.141 e. The van der Waals surface area contributed by atoms with E-state index in [1.165, 1.54) is 19.3 Å². The highest BCUT2D eigenvalue weighted by Crippen LogP contribution is 2.28. The van der Waals surface area contributed by atoms with Crippen molar-refractivity contribution in [2.75, 3.05) is 18.8 Å². The highest BCUT2D eigenvalue weighted by molar-refractivity contribution is 5.40. The second-order valence-electron chi connectivity index (χ2n) is 4.69. The molecule has 0 aliphatic carbocycles. The minimum atomic E-state index is -0.867. The van der Waals surface area contributed by atoms with Crippen molar-refractivity contribution in [3.63, 3.8) is 0 Å². The third-order valence-electron chi connectivity index (χ3n) is 3.43. The number of piperidine rings is 1. The van der Waals surface area contributed by atoms with Gasteiger partial charge in [-0.25, -0.2) is 0 Å². The van der Waals surface area contributed by atoms with Crippen LogP contribution in [0.2, 0.25) is 0 Å². The van der Waals surface area contributed by atoms with Gasteiger partial charge in [0, 0.05) is 18.8 Å². The quantitative estimate of drug-likeness (QED) is 0.749. The number of nitrogens with two attached hydrogens (primary N) is 1. The highest BCUT2D eigenvalue weighted by Gasteiger charge is 2.31. The molecule has 2 rings (SSSR count). The number of benzene rings is 1. The van der Waals surface area contributed by atoms with Gasteiger partial charge in [0.1, 0.15) is 5.72 Å². The molecule has 3 N–H and O–H groups in total. The molecule has 0 saturated carbocycles. The highest BCUT2D eigenvalue weighted by atomic mass is 16.3. The molecule has 1 aliphatic heterocycles. The van der Waals surface area contributed by atoms with Crippen LogP contribution in [0.3, 0.4) is 0 Å². The molecule has 0 amide bonds. The second kappa shape index (κ2) is 4.44. The van der Waals surface area contributed by atoms with Crippen LogP contribution in [0.25, 0.3) is 0 Å². The van der Waals surface area contributed by atoms with Crippen LogP contribution in [0.4, 0.5) is 5.69 Å². The van der Waals surface area contributed by atoms with Crippen LogP contribution < -0.4 is 5.73 Å². The van der Waals surface area contributed by atoms with Crippen molar-refractivity contribution in [1.29, 1.82) is 0 Å². The maximum absolute atomic E-state index is 10.6. The average molecular weight is 220 g/mol. The molecule has 16 heavy (non-hydrogen) atoms. The summed E-state index contributed by atoms with van der Waals surface area (Å²) in [6, 6.07) is 7.50. The molecule has 1 heterocycles. The monoisotopic (exact) mass is 220 g/mol. The second-order valence-corrected chi connectivity index (χ2v) is 4.69. The lowest BCUT2D eigenvalue weighted by Crippen LogP contribution is -2.46. The molecule has 0 spiro atoms. The lowest BCUT2D eigenvalue weighted by Gasteiger charge is -2.39. The summed E-state index contributed by atoms with van der Waals surface area (Å²) in [5.41, 5.74) is 6.44. The number of likely N-dealkylation sites (tertiary alicyclic amines) is 1. The molecule has 1 fully saturated rings. The van der Waals surface area contributed by atoms with Crippen molar-refractivity contribution >= 4 is 5.69 Å². The number of nitrogen functional groups attached to an aromatic ring is 1. The molecule has 1 saturated heterocycles. The third-order valence-corrected chi connectivity index (χ3v) is 3.43. The molecule has 1 aliphatic rings. The van der Waals surface area contributed by atoms with Crippen molar-refractivity contribution in [2.45, 2.75) is 31.9 Å². The van der Waals surface area contributed by atoms with Crippen LogP contribution in [0, 0.1) is 0 Å². The molecule has 0 aromatic heterocycles. The summed E-state index contributed by atoms with van der Waals surface area (Å²) < 4.78 is 0. The van der Waals surface area contributed by atoms with E-state index in [2.05, 4.69) is 4.90 Å². The largest absolute Gasteiger partial charge is 0.399 e. The summed E-state index contributed by atoms with van der Waals surface area (Å²) in [5, 5.41) is 10.6. The molecule has 0 bridgehead atoms. The van der Waals surface area contributed by atoms with Crippen molar-refractivity contribution in [1.82, 2.24) is 4.90 Å². The van der Waals surface area contributed by atoms with Gasteiger partial charge in [-0.3, -0.25) is 4.90 Å². The molecule has 1 unspecified atom stereocenters. The number of rotatable bonds is 2. The van der Waals surface area contributed by atoms with Crippen LogP contribution in [-0.2, 0) is 5.72 Å². The predicted octanol–water partition coefficient (Wildman–Crippen LogP) is 1.92. The van der Waals surface area contributed by atoms with Crippen molar-refractivity contribution in [2.24, 2.45) is 0 Å². The fourth-order valence-electron chi connectivity index (χ4n) is 2.31. The van der Waals surface area contributed by atoms with Gasteiger partial charge in [0.15, 0.2) is 0 Å². The molecular weight excluding hydrogens is 200 g/mol. The minimum absolute atomic E-state index is 0.734. The zero-order chi connectivity index (χ0) is 11.6. The molecular formula is C13H20N2O. The van der Waals surface area contributed by atoms with E-state index >= 15 is 0 Å². The maximum Gasteiger partial charge on any atom is 0.141 e. The third kappa shape index (κ3) is 2.20. The summed E-state index contributed by atoms with van der Waals surface area (Å²) in [5.74, 6) is 0. The van der Waals surface area contributed by atoms with E-state index in [-0.39, 0.29) is 0 Å². The number of hydrogen-bond acceptors (Lipinski definition) is 3. The van der Waals surface area contributed by atoms with Gasteiger partial charge in [0.05, 0.1) is 0 Å².